The first kappa shape index (κ1) is 14.9. The number of amides is 1. The van der Waals surface area contributed by atoms with Crippen LogP contribution in [0.2, 0.25) is 0 Å². The van der Waals surface area contributed by atoms with Crippen molar-refractivity contribution in [3.63, 3.8) is 0 Å². The van der Waals surface area contributed by atoms with E-state index in [4.69, 9.17) is 0 Å². The quantitative estimate of drug-likeness (QED) is 0.765. The van der Waals surface area contributed by atoms with Crippen molar-refractivity contribution in [2.24, 2.45) is 0 Å². The Bertz CT molecular complexity index is 751. The van der Waals surface area contributed by atoms with Gasteiger partial charge in [0.1, 0.15) is 0 Å². The minimum atomic E-state index is -0.00693. The van der Waals surface area contributed by atoms with E-state index in [1.54, 1.807) is 17.5 Å². The van der Waals surface area contributed by atoms with E-state index in [1.807, 2.05) is 36.6 Å². The van der Waals surface area contributed by atoms with Crippen LogP contribution in [0.1, 0.15) is 17.7 Å². The van der Waals surface area contributed by atoms with Gasteiger partial charge in [0.25, 0.3) is 0 Å². The van der Waals surface area contributed by atoms with Gasteiger partial charge >= 0.3 is 0 Å². The molecule has 3 rings (SSSR count). The molecule has 3 heterocycles. The monoisotopic (exact) mass is 329 g/mol. The van der Waals surface area contributed by atoms with Crippen molar-refractivity contribution in [1.82, 2.24) is 9.97 Å². The highest BCUT2D eigenvalue weighted by atomic mass is 32.1. The van der Waals surface area contributed by atoms with Gasteiger partial charge in [-0.2, -0.15) is 11.3 Å². The molecule has 0 aliphatic carbocycles. The lowest BCUT2D eigenvalue weighted by molar-refractivity contribution is -0.116. The lowest BCUT2D eigenvalue weighted by atomic mass is 10.2. The van der Waals surface area contributed by atoms with Crippen molar-refractivity contribution in [3.05, 3.63) is 52.5 Å². The Morgan fingerprint density at radius 1 is 1.32 bits per heavy atom. The highest BCUT2D eigenvalue weighted by molar-refractivity contribution is 7.19. The van der Waals surface area contributed by atoms with E-state index in [9.17, 15) is 4.79 Å². The van der Waals surface area contributed by atoms with Crippen molar-refractivity contribution in [1.29, 1.82) is 0 Å². The largest absolute Gasteiger partial charge is 0.302 e. The zero-order valence-corrected chi connectivity index (χ0v) is 13.7. The van der Waals surface area contributed by atoms with Gasteiger partial charge in [0.15, 0.2) is 5.13 Å². The summed E-state index contributed by atoms with van der Waals surface area (Å²) in [5, 5.41) is 7.61. The number of thiazole rings is 1. The number of anilines is 1. The zero-order valence-electron chi connectivity index (χ0n) is 12.1. The maximum atomic E-state index is 12.0. The molecule has 0 aromatic carbocycles. The molecule has 0 atom stereocenters. The molecular formula is C16H15N3OS2. The number of hydrogen-bond donors (Lipinski definition) is 1. The third-order valence-corrected chi connectivity index (χ3v) is 4.99. The van der Waals surface area contributed by atoms with Gasteiger partial charge < -0.3 is 5.32 Å². The summed E-state index contributed by atoms with van der Waals surface area (Å²) >= 11 is 3.11. The number of thiophene rings is 1. The van der Waals surface area contributed by atoms with E-state index in [-0.39, 0.29) is 5.91 Å². The van der Waals surface area contributed by atoms with Gasteiger partial charge in [-0.3, -0.25) is 9.78 Å². The molecule has 0 bridgehead atoms. The third-order valence-electron chi connectivity index (χ3n) is 3.16. The Hall–Kier alpha value is -2.05. The van der Waals surface area contributed by atoms with E-state index in [0.29, 0.717) is 11.6 Å². The number of carbonyl (C=O) groups excluding carboxylic acids is 1. The van der Waals surface area contributed by atoms with Crippen LogP contribution >= 0.6 is 22.7 Å². The molecule has 3 aromatic heterocycles. The van der Waals surface area contributed by atoms with Gasteiger partial charge in [-0.1, -0.05) is 17.4 Å². The fraction of sp³-hybridized carbons (Fsp3) is 0.188. The van der Waals surface area contributed by atoms with Gasteiger partial charge in [-0.25, -0.2) is 4.98 Å². The predicted octanol–water partition coefficient (Wildman–Crippen LogP) is 4.15. The van der Waals surface area contributed by atoms with E-state index in [1.165, 1.54) is 16.9 Å². The lowest BCUT2D eigenvalue weighted by Gasteiger charge is -2.00. The maximum absolute atomic E-state index is 12.0. The topological polar surface area (TPSA) is 54.9 Å². The molecular weight excluding hydrogens is 314 g/mol. The summed E-state index contributed by atoms with van der Waals surface area (Å²) in [6.07, 6.45) is 2.98. The Morgan fingerprint density at radius 3 is 2.95 bits per heavy atom. The Morgan fingerprint density at radius 2 is 2.23 bits per heavy atom. The second-order valence-corrected chi connectivity index (χ2v) is 6.61. The Balaban J connectivity index is 1.64. The number of hydrogen-bond acceptors (Lipinski definition) is 5. The van der Waals surface area contributed by atoms with Crippen LogP contribution in [0.4, 0.5) is 5.13 Å². The van der Waals surface area contributed by atoms with Crippen molar-refractivity contribution >= 4 is 33.7 Å². The predicted molar refractivity (Wildman–Crippen MR) is 91.4 cm³/mol. The lowest BCUT2D eigenvalue weighted by Crippen LogP contribution is -2.11. The van der Waals surface area contributed by atoms with Crippen molar-refractivity contribution in [2.75, 3.05) is 5.32 Å². The highest BCUT2D eigenvalue weighted by Crippen LogP contribution is 2.31. The van der Waals surface area contributed by atoms with Gasteiger partial charge in [0.05, 0.1) is 16.3 Å². The van der Waals surface area contributed by atoms with Crippen LogP contribution in [-0.2, 0) is 11.2 Å². The van der Waals surface area contributed by atoms with Crippen LogP contribution in [0.5, 0.6) is 0 Å². The molecule has 0 aliphatic heterocycles. The molecule has 0 fully saturated rings. The Labute approximate surface area is 136 Å². The normalized spacial score (nSPS) is 10.6. The molecule has 112 valence electrons. The zero-order chi connectivity index (χ0) is 15.4. The summed E-state index contributed by atoms with van der Waals surface area (Å²) in [5.74, 6) is -0.00693. The number of nitrogens with one attached hydrogen (secondary N) is 1. The molecule has 1 amide bonds. The number of pyridine rings is 1. The third kappa shape index (κ3) is 3.58. The number of aromatic nitrogens is 2. The second-order valence-electron chi connectivity index (χ2n) is 4.83. The average Bonchev–Trinajstić information content (AvgIpc) is 3.16. The van der Waals surface area contributed by atoms with Crippen LogP contribution in [0.15, 0.2) is 41.2 Å². The van der Waals surface area contributed by atoms with Crippen LogP contribution in [-0.4, -0.2) is 15.9 Å². The highest BCUT2D eigenvalue weighted by Gasteiger charge is 2.12. The summed E-state index contributed by atoms with van der Waals surface area (Å²) in [4.78, 5) is 21.8. The summed E-state index contributed by atoms with van der Waals surface area (Å²) < 4.78 is 0. The first-order valence-electron chi connectivity index (χ1n) is 6.92. The molecule has 1 N–H and O–H groups in total. The smallest absolute Gasteiger partial charge is 0.226 e. The number of nitrogens with zero attached hydrogens (tertiary/aromatic N) is 2. The molecule has 0 aliphatic rings. The fourth-order valence-corrected chi connectivity index (χ4v) is 3.72. The van der Waals surface area contributed by atoms with Gasteiger partial charge in [0, 0.05) is 12.6 Å². The first-order valence-corrected chi connectivity index (χ1v) is 8.68. The van der Waals surface area contributed by atoms with Crippen molar-refractivity contribution < 1.29 is 4.79 Å². The van der Waals surface area contributed by atoms with E-state index in [2.05, 4.69) is 20.7 Å². The molecule has 22 heavy (non-hydrogen) atoms. The maximum Gasteiger partial charge on any atom is 0.226 e. The minimum absolute atomic E-state index is 0.00693. The van der Waals surface area contributed by atoms with Gasteiger partial charge in [-0.15, -0.1) is 0 Å². The molecule has 3 aromatic rings. The number of aryl methyl sites for hydroxylation is 2. The van der Waals surface area contributed by atoms with E-state index < -0.39 is 0 Å². The van der Waals surface area contributed by atoms with E-state index in [0.717, 1.165) is 22.7 Å². The van der Waals surface area contributed by atoms with Crippen LogP contribution in [0.3, 0.4) is 0 Å². The van der Waals surface area contributed by atoms with Gasteiger partial charge in [-0.05, 0) is 47.9 Å². The van der Waals surface area contributed by atoms with Crippen LogP contribution < -0.4 is 5.32 Å². The van der Waals surface area contributed by atoms with Crippen LogP contribution in [0, 0.1) is 6.92 Å². The van der Waals surface area contributed by atoms with Crippen molar-refractivity contribution in [2.45, 2.75) is 19.8 Å². The SMILES string of the molecule is Cc1nc(NC(=O)CCc2ccsc2)sc1-c1ccccn1. The molecule has 6 heteroatoms. The molecule has 0 saturated carbocycles. The average molecular weight is 329 g/mol. The molecule has 0 spiro atoms. The summed E-state index contributed by atoms with van der Waals surface area (Å²) in [7, 11) is 0. The summed E-state index contributed by atoms with van der Waals surface area (Å²) in [6.45, 7) is 1.93. The molecule has 4 nitrogen and oxygen atoms in total. The number of carbonyl (C=O) groups is 1. The first-order chi connectivity index (χ1) is 10.7. The minimum Gasteiger partial charge on any atom is -0.302 e. The standard InChI is InChI=1S/C16H15N3OS2/c1-11-15(13-4-2-3-8-17-13)22-16(18-11)19-14(20)6-5-12-7-9-21-10-12/h2-4,7-10H,5-6H2,1H3,(H,18,19,20). The van der Waals surface area contributed by atoms with Crippen molar-refractivity contribution in [3.8, 4) is 10.6 Å². The molecule has 0 saturated heterocycles. The van der Waals surface area contributed by atoms with Crippen LogP contribution in [0.25, 0.3) is 10.6 Å². The summed E-state index contributed by atoms with van der Waals surface area (Å²) in [5.41, 5.74) is 2.97. The molecule has 0 unspecified atom stereocenters. The molecule has 0 radical (unpaired) electrons. The summed E-state index contributed by atoms with van der Waals surface area (Å²) in [6, 6.07) is 7.82. The van der Waals surface area contributed by atoms with Gasteiger partial charge in [0.2, 0.25) is 5.91 Å². The second kappa shape index (κ2) is 6.81. The van der Waals surface area contributed by atoms with E-state index >= 15 is 0 Å². The Kier molecular flexibility index (Phi) is 4.60. The fourth-order valence-electron chi connectivity index (χ4n) is 2.06. The number of rotatable bonds is 5.